The van der Waals surface area contributed by atoms with Crippen LogP contribution in [0.2, 0.25) is 0 Å². The highest BCUT2D eigenvalue weighted by molar-refractivity contribution is 5.82. The standard InChI is InChI=1S/C13H23NO5/c1-13(2,3)19-12(16)14-7-9(8-17-4)6-10(14)11(15)18-5/h9-10H,6-8H2,1-5H3/t9?,10-/m1/s1. The van der Waals surface area contributed by atoms with E-state index < -0.39 is 23.7 Å². The van der Waals surface area contributed by atoms with Crippen LogP contribution in [0.3, 0.4) is 0 Å². The molecule has 0 spiro atoms. The molecular formula is C13H23NO5. The average molecular weight is 273 g/mol. The zero-order valence-electron chi connectivity index (χ0n) is 12.3. The number of nitrogens with zero attached hydrogens (tertiary/aromatic N) is 1. The molecular weight excluding hydrogens is 250 g/mol. The SMILES string of the molecule is COCC1C[C@H](C(=O)OC)N(C(=O)OC(C)(C)C)C1. The molecule has 2 atom stereocenters. The first kappa shape index (κ1) is 15.8. The lowest BCUT2D eigenvalue weighted by atomic mass is 10.1. The molecule has 1 aliphatic heterocycles. The van der Waals surface area contributed by atoms with Gasteiger partial charge in [0, 0.05) is 19.6 Å². The third-order valence-electron chi connectivity index (χ3n) is 2.89. The second-order valence-electron chi connectivity index (χ2n) is 5.73. The van der Waals surface area contributed by atoms with E-state index in [2.05, 4.69) is 0 Å². The van der Waals surface area contributed by atoms with Crippen LogP contribution in [0.15, 0.2) is 0 Å². The van der Waals surface area contributed by atoms with Crippen molar-refractivity contribution in [2.45, 2.75) is 38.8 Å². The van der Waals surface area contributed by atoms with Gasteiger partial charge in [-0.3, -0.25) is 4.90 Å². The van der Waals surface area contributed by atoms with Gasteiger partial charge in [-0.25, -0.2) is 9.59 Å². The second kappa shape index (κ2) is 6.23. The molecule has 1 heterocycles. The van der Waals surface area contributed by atoms with Crippen molar-refractivity contribution in [3.63, 3.8) is 0 Å². The van der Waals surface area contributed by atoms with E-state index in [4.69, 9.17) is 14.2 Å². The zero-order chi connectivity index (χ0) is 14.6. The zero-order valence-corrected chi connectivity index (χ0v) is 12.3. The molecule has 1 rings (SSSR count). The van der Waals surface area contributed by atoms with Crippen LogP contribution in [0.25, 0.3) is 0 Å². The largest absolute Gasteiger partial charge is 0.467 e. The minimum absolute atomic E-state index is 0.126. The van der Waals surface area contributed by atoms with Gasteiger partial charge >= 0.3 is 12.1 Å². The van der Waals surface area contributed by atoms with Gasteiger partial charge in [0.15, 0.2) is 0 Å². The van der Waals surface area contributed by atoms with E-state index >= 15 is 0 Å². The quantitative estimate of drug-likeness (QED) is 0.728. The third-order valence-corrected chi connectivity index (χ3v) is 2.89. The molecule has 0 aliphatic carbocycles. The molecule has 1 fully saturated rings. The molecule has 6 heteroatoms. The number of rotatable bonds is 3. The van der Waals surface area contributed by atoms with Crippen LogP contribution in [0.5, 0.6) is 0 Å². The minimum Gasteiger partial charge on any atom is -0.467 e. The van der Waals surface area contributed by atoms with Crippen molar-refractivity contribution in [3.05, 3.63) is 0 Å². The summed E-state index contributed by atoms with van der Waals surface area (Å²) in [5.74, 6) is -0.286. The van der Waals surface area contributed by atoms with Gasteiger partial charge in [-0.05, 0) is 27.2 Å². The van der Waals surface area contributed by atoms with Crippen LogP contribution in [0.1, 0.15) is 27.2 Å². The molecule has 1 saturated heterocycles. The number of carbonyl (C=O) groups excluding carboxylic acids is 2. The highest BCUT2D eigenvalue weighted by Gasteiger charge is 2.42. The average Bonchev–Trinajstić information content (AvgIpc) is 2.70. The summed E-state index contributed by atoms with van der Waals surface area (Å²) in [5.41, 5.74) is -0.586. The van der Waals surface area contributed by atoms with Crippen molar-refractivity contribution in [3.8, 4) is 0 Å². The Morgan fingerprint density at radius 1 is 1.26 bits per heavy atom. The first-order valence-corrected chi connectivity index (χ1v) is 6.35. The molecule has 1 unspecified atom stereocenters. The summed E-state index contributed by atoms with van der Waals surface area (Å²) in [6, 6.07) is -0.583. The van der Waals surface area contributed by atoms with Crippen LogP contribution in [0.4, 0.5) is 4.79 Å². The third kappa shape index (κ3) is 4.38. The topological polar surface area (TPSA) is 65.1 Å². The summed E-state index contributed by atoms with van der Waals surface area (Å²) in [7, 11) is 2.92. The number of hydrogen-bond donors (Lipinski definition) is 0. The summed E-state index contributed by atoms with van der Waals surface area (Å²) in [4.78, 5) is 25.3. The first-order valence-electron chi connectivity index (χ1n) is 6.35. The molecule has 1 aliphatic rings. The van der Waals surface area contributed by atoms with Gasteiger partial charge in [-0.15, -0.1) is 0 Å². The predicted octanol–water partition coefficient (Wildman–Crippen LogP) is 1.43. The van der Waals surface area contributed by atoms with Gasteiger partial charge in [0.2, 0.25) is 0 Å². The monoisotopic (exact) mass is 273 g/mol. The molecule has 19 heavy (non-hydrogen) atoms. The Morgan fingerprint density at radius 3 is 2.37 bits per heavy atom. The number of likely N-dealkylation sites (tertiary alicyclic amines) is 1. The van der Waals surface area contributed by atoms with E-state index in [1.807, 2.05) is 0 Å². The fraction of sp³-hybridized carbons (Fsp3) is 0.846. The molecule has 0 bridgehead atoms. The van der Waals surface area contributed by atoms with Crippen molar-refractivity contribution in [2.75, 3.05) is 27.4 Å². The van der Waals surface area contributed by atoms with E-state index in [1.165, 1.54) is 12.0 Å². The lowest BCUT2D eigenvalue weighted by Crippen LogP contribution is -2.43. The normalized spacial score (nSPS) is 23.3. The Balaban J connectivity index is 2.76. The van der Waals surface area contributed by atoms with Crippen molar-refractivity contribution in [1.29, 1.82) is 0 Å². The van der Waals surface area contributed by atoms with Crippen molar-refractivity contribution < 1.29 is 23.8 Å². The summed E-state index contributed by atoms with van der Waals surface area (Å²) in [6.45, 7) is 6.33. The second-order valence-corrected chi connectivity index (χ2v) is 5.73. The Morgan fingerprint density at radius 2 is 1.89 bits per heavy atom. The highest BCUT2D eigenvalue weighted by atomic mass is 16.6. The summed E-state index contributed by atoms with van der Waals surface area (Å²) >= 11 is 0. The first-order chi connectivity index (χ1) is 8.78. The molecule has 6 nitrogen and oxygen atoms in total. The molecule has 1 amide bonds. The van der Waals surface area contributed by atoms with Gasteiger partial charge in [-0.1, -0.05) is 0 Å². The van der Waals surface area contributed by atoms with Gasteiger partial charge in [0.1, 0.15) is 11.6 Å². The summed E-state index contributed by atoms with van der Waals surface area (Å²) < 4.78 is 15.1. The molecule has 0 N–H and O–H groups in total. The van der Waals surface area contributed by atoms with Crippen LogP contribution in [-0.4, -0.2) is 56.0 Å². The Hall–Kier alpha value is -1.30. The van der Waals surface area contributed by atoms with Crippen molar-refractivity contribution in [1.82, 2.24) is 4.90 Å². The lowest BCUT2D eigenvalue weighted by molar-refractivity contribution is -0.145. The molecule has 110 valence electrons. The van der Waals surface area contributed by atoms with E-state index in [1.54, 1.807) is 27.9 Å². The Kier molecular flexibility index (Phi) is 5.17. The molecule has 0 aromatic heterocycles. The molecule has 0 aromatic rings. The number of amides is 1. The lowest BCUT2D eigenvalue weighted by Gasteiger charge is -2.27. The summed E-state index contributed by atoms with van der Waals surface area (Å²) in [6.07, 6.45) is 0.0567. The van der Waals surface area contributed by atoms with Gasteiger partial charge < -0.3 is 14.2 Å². The number of ether oxygens (including phenoxy) is 3. The summed E-state index contributed by atoms with van der Waals surface area (Å²) in [5, 5.41) is 0. The highest BCUT2D eigenvalue weighted by Crippen LogP contribution is 2.26. The number of methoxy groups -OCH3 is 2. The fourth-order valence-corrected chi connectivity index (χ4v) is 2.16. The van der Waals surface area contributed by atoms with Gasteiger partial charge in [0.25, 0.3) is 0 Å². The van der Waals surface area contributed by atoms with Gasteiger partial charge in [0.05, 0.1) is 13.7 Å². The van der Waals surface area contributed by atoms with E-state index in [0.29, 0.717) is 19.6 Å². The van der Waals surface area contributed by atoms with Gasteiger partial charge in [-0.2, -0.15) is 0 Å². The number of hydrogen-bond acceptors (Lipinski definition) is 5. The molecule has 0 saturated carbocycles. The fourth-order valence-electron chi connectivity index (χ4n) is 2.16. The van der Waals surface area contributed by atoms with Crippen molar-refractivity contribution in [2.24, 2.45) is 5.92 Å². The minimum atomic E-state index is -0.586. The predicted molar refractivity (Wildman–Crippen MR) is 68.7 cm³/mol. The van der Waals surface area contributed by atoms with E-state index in [-0.39, 0.29) is 5.92 Å². The maximum absolute atomic E-state index is 12.1. The number of carbonyl (C=O) groups is 2. The van der Waals surface area contributed by atoms with Crippen LogP contribution >= 0.6 is 0 Å². The van der Waals surface area contributed by atoms with Crippen LogP contribution < -0.4 is 0 Å². The van der Waals surface area contributed by atoms with Crippen LogP contribution in [-0.2, 0) is 19.0 Å². The Labute approximate surface area is 114 Å². The van der Waals surface area contributed by atoms with E-state index in [9.17, 15) is 9.59 Å². The maximum Gasteiger partial charge on any atom is 0.411 e. The smallest absolute Gasteiger partial charge is 0.411 e. The maximum atomic E-state index is 12.1. The van der Waals surface area contributed by atoms with Crippen molar-refractivity contribution >= 4 is 12.1 Å². The molecule has 0 aromatic carbocycles. The van der Waals surface area contributed by atoms with Crippen LogP contribution in [0, 0.1) is 5.92 Å². The number of esters is 1. The molecule has 0 radical (unpaired) electrons. The van der Waals surface area contributed by atoms with E-state index in [0.717, 1.165) is 0 Å². The Bertz CT molecular complexity index is 336.